The highest BCUT2D eigenvalue weighted by atomic mass is 32.2. The summed E-state index contributed by atoms with van der Waals surface area (Å²) in [6, 6.07) is 7.66. The molecule has 0 radical (unpaired) electrons. The standard InChI is InChI=1S/C12H18N2OS/c1-9(8-16-2)14-12(15)7-10-5-3-4-6-11(10)13/h3-6,9H,7-8,13H2,1-2H3,(H,14,15). The Bertz CT molecular complexity index is 355. The number of carbonyl (C=O) groups excluding carboxylic acids is 1. The molecule has 0 aliphatic heterocycles. The molecular weight excluding hydrogens is 220 g/mol. The predicted octanol–water partition coefficient (Wildman–Crippen LogP) is 1.68. The first-order chi connectivity index (χ1) is 7.63. The Balaban J connectivity index is 2.49. The van der Waals surface area contributed by atoms with E-state index in [4.69, 9.17) is 5.73 Å². The number of nitrogen functional groups attached to an aromatic ring is 1. The number of para-hydroxylation sites is 1. The Labute approximate surface area is 101 Å². The molecule has 1 rings (SSSR count). The summed E-state index contributed by atoms with van der Waals surface area (Å²) >= 11 is 1.72. The van der Waals surface area contributed by atoms with E-state index in [9.17, 15) is 4.79 Å². The lowest BCUT2D eigenvalue weighted by molar-refractivity contribution is -0.120. The second kappa shape index (κ2) is 6.43. The third-order valence-electron chi connectivity index (χ3n) is 2.23. The zero-order chi connectivity index (χ0) is 12.0. The normalized spacial score (nSPS) is 12.1. The topological polar surface area (TPSA) is 55.1 Å². The van der Waals surface area contributed by atoms with Gasteiger partial charge in [0.15, 0.2) is 0 Å². The van der Waals surface area contributed by atoms with Crippen molar-refractivity contribution < 1.29 is 4.79 Å². The van der Waals surface area contributed by atoms with Crippen LogP contribution in [0.25, 0.3) is 0 Å². The molecule has 88 valence electrons. The van der Waals surface area contributed by atoms with E-state index < -0.39 is 0 Å². The van der Waals surface area contributed by atoms with Crippen LogP contribution in [0, 0.1) is 0 Å². The van der Waals surface area contributed by atoms with E-state index in [1.807, 2.05) is 37.4 Å². The fraction of sp³-hybridized carbons (Fsp3) is 0.417. The third-order valence-corrected chi connectivity index (χ3v) is 3.06. The van der Waals surface area contributed by atoms with Crippen molar-refractivity contribution in [3.8, 4) is 0 Å². The van der Waals surface area contributed by atoms with Crippen molar-refractivity contribution in [1.29, 1.82) is 0 Å². The summed E-state index contributed by atoms with van der Waals surface area (Å²) in [6.45, 7) is 2.00. The van der Waals surface area contributed by atoms with Gasteiger partial charge in [0, 0.05) is 17.5 Å². The van der Waals surface area contributed by atoms with Crippen LogP contribution in [0.1, 0.15) is 12.5 Å². The van der Waals surface area contributed by atoms with Gasteiger partial charge in [-0.3, -0.25) is 4.79 Å². The molecule has 1 aromatic rings. The largest absolute Gasteiger partial charge is 0.398 e. The van der Waals surface area contributed by atoms with E-state index in [0.717, 1.165) is 11.3 Å². The Morgan fingerprint density at radius 3 is 2.81 bits per heavy atom. The number of nitrogens with one attached hydrogen (secondary N) is 1. The summed E-state index contributed by atoms with van der Waals surface area (Å²) in [4.78, 5) is 11.7. The second-order valence-electron chi connectivity index (χ2n) is 3.80. The number of hydrogen-bond donors (Lipinski definition) is 2. The zero-order valence-corrected chi connectivity index (χ0v) is 10.5. The molecule has 0 heterocycles. The van der Waals surface area contributed by atoms with Crippen molar-refractivity contribution in [3.63, 3.8) is 0 Å². The lowest BCUT2D eigenvalue weighted by Gasteiger charge is -2.12. The highest BCUT2D eigenvalue weighted by molar-refractivity contribution is 7.98. The van der Waals surface area contributed by atoms with Crippen molar-refractivity contribution in [2.75, 3.05) is 17.7 Å². The summed E-state index contributed by atoms with van der Waals surface area (Å²) in [6.07, 6.45) is 2.38. The van der Waals surface area contributed by atoms with Gasteiger partial charge in [0.05, 0.1) is 6.42 Å². The summed E-state index contributed by atoms with van der Waals surface area (Å²) < 4.78 is 0. The molecule has 0 bridgehead atoms. The maximum Gasteiger partial charge on any atom is 0.224 e. The number of amides is 1. The van der Waals surface area contributed by atoms with Crippen LogP contribution >= 0.6 is 11.8 Å². The molecule has 0 saturated carbocycles. The van der Waals surface area contributed by atoms with Crippen molar-refractivity contribution in [3.05, 3.63) is 29.8 Å². The second-order valence-corrected chi connectivity index (χ2v) is 4.71. The monoisotopic (exact) mass is 238 g/mol. The van der Waals surface area contributed by atoms with Crippen LogP contribution < -0.4 is 11.1 Å². The van der Waals surface area contributed by atoms with Gasteiger partial charge in [-0.15, -0.1) is 0 Å². The van der Waals surface area contributed by atoms with Crippen LogP contribution in [0.5, 0.6) is 0 Å². The maximum atomic E-state index is 11.7. The molecule has 3 N–H and O–H groups in total. The molecule has 1 amide bonds. The van der Waals surface area contributed by atoms with Gasteiger partial charge in [-0.05, 0) is 24.8 Å². The SMILES string of the molecule is CSCC(C)NC(=O)Cc1ccccc1N. The molecule has 16 heavy (non-hydrogen) atoms. The van der Waals surface area contributed by atoms with Crippen molar-refractivity contribution in [1.82, 2.24) is 5.32 Å². The van der Waals surface area contributed by atoms with Crippen LogP contribution in [-0.2, 0) is 11.2 Å². The van der Waals surface area contributed by atoms with Crippen LogP contribution in [0.4, 0.5) is 5.69 Å². The number of nitrogens with two attached hydrogens (primary N) is 1. The molecule has 4 heteroatoms. The summed E-state index contributed by atoms with van der Waals surface area (Å²) in [5.41, 5.74) is 7.34. The first-order valence-electron chi connectivity index (χ1n) is 5.25. The smallest absolute Gasteiger partial charge is 0.224 e. The van der Waals surface area contributed by atoms with E-state index in [1.165, 1.54) is 0 Å². The van der Waals surface area contributed by atoms with Gasteiger partial charge in [-0.2, -0.15) is 11.8 Å². The van der Waals surface area contributed by atoms with Gasteiger partial charge in [-0.1, -0.05) is 18.2 Å². The number of thioether (sulfide) groups is 1. The highest BCUT2D eigenvalue weighted by Crippen LogP contribution is 2.11. The van der Waals surface area contributed by atoms with E-state index in [0.29, 0.717) is 12.1 Å². The predicted molar refractivity (Wildman–Crippen MR) is 70.5 cm³/mol. The average molecular weight is 238 g/mol. The Morgan fingerprint density at radius 2 is 2.19 bits per heavy atom. The van der Waals surface area contributed by atoms with E-state index in [1.54, 1.807) is 11.8 Å². The lowest BCUT2D eigenvalue weighted by Crippen LogP contribution is -2.35. The molecule has 0 aliphatic carbocycles. The van der Waals surface area contributed by atoms with Crippen molar-refractivity contribution in [2.45, 2.75) is 19.4 Å². The minimum absolute atomic E-state index is 0.0273. The fourth-order valence-electron chi connectivity index (χ4n) is 1.49. The minimum atomic E-state index is 0.0273. The van der Waals surface area contributed by atoms with Crippen LogP contribution in [0.3, 0.4) is 0 Å². The van der Waals surface area contributed by atoms with Crippen molar-refractivity contribution >= 4 is 23.4 Å². The molecule has 0 spiro atoms. The Morgan fingerprint density at radius 1 is 1.50 bits per heavy atom. The van der Waals surface area contributed by atoms with Crippen molar-refractivity contribution in [2.24, 2.45) is 0 Å². The molecule has 1 aromatic carbocycles. The first-order valence-corrected chi connectivity index (χ1v) is 6.64. The maximum absolute atomic E-state index is 11.7. The fourth-order valence-corrected chi connectivity index (χ4v) is 2.07. The van der Waals surface area contributed by atoms with E-state index >= 15 is 0 Å². The van der Waals surface area contributed by atoms with E-state index in [2.05, 4.69) is 5.32 Å². The number of hydrogen-bond acceptors (Lipinski definition) is 3. The van der Waals surface area contributed by atoms with Gasteiger partial charge >= 0.3 is 0 Å². The molecule has 3 nitrogen and oxygen atoms in total. The number of anilines is 1. The Hall–Kier alpha value is -1.16. The molecular formula is C12H18N2OS. The summed E-state index contributed by atoms with van der Waals surface area (Å²) in [7, 11) is 0. The summed E-state index contributed by atoms with van der Waals surface area (Å²) in [5, 5.41) is 2.94. The quantitative estimate of drug-likeness (QED) is 0.767. The molecule has 0 fully saturated rings. The summed E-state index contributed by atoms with van der Waals surface area (Å²) in [5.74, 6) is 0.954. The molecule has 0 saturated heterocycles. The van der Waals surface area contributed by atoms with Gasteiger partial charge < -0.3 is 11.1 Å². The number of carbonyl (C=O) groups is 1. The average Bonchev–Trinajstić information content (AvgIpc) is 2.21. The molecule has 1 unspecified atom stereocenters. The van der Waals surface area contributed by atoms with Gasteiger partial charge in [0.1, 0.15) is 0 Å². The Kier molecular flexibility index (Phi) is 5.19. The minimum Gasteiger partial charge on any atom is -0.398 e. The molecule has 1 atom stereocenters. The van der Waals surface area contributed by atoms with Gasteiger partial charge in [0.2, 0.25) is 5.91 Å². The van der Waals surface area contributed by atoms with Gasteiger partial charge in [0.25, 0.3) is 0 Å². The number of rotatable bonds is 5. The molecule has 0 aromatic heterocycles. The van der Waals surface area contributed by atoms with Gasteiger partial charge in [-0.25, -0.2) is 0 Å². The lowest BCUT2D eigenvalue weighted by atomic mass is 10.1. The highest BCUT2D eigenvalue weighted by Gasteiger charge is 2.08. The van der Waals surface area contributed by atoms with E-state index in [-0.39, 0.29) is 11.9 Å². The third kappa shape index (κ3) is 4.14. The van der Waals surface area contributed by atoms with Crippen LogP contribution in [0.15, 0.2) is 24.3 Å². The van der Waals surface area contributed by atoms with Crippen LogP contribution in [-0.4, -0.2) is 24.0 Å². The zero-order valence-electron chi connectivity index (χ0n) is 9.69. The first kappa shape index (κ1) is 12.9. The molecule has 0 aliphatic rings. The number of benzene rings is 1. The van der Waals surface area contributed by atoms with Crippen LogP contribution in [0.2, 0.25) is 0 Å².